The number of nitrogens with one attached hydrogen (secondary N) is 1. The molecule has 1 amide bonds. The van der Waals surface area contributed by atoms with Gasteiger partial charge in [0, 0.05) is 10.0 Å². The number of amides is 1. The Bertz CT molecular complexity index is 984. The first-order valence-electron chi connectivity index (χ1n) is 8.47. The number of aromatic nitrogens is 2. The van der Waals surface area contributed by atoms with Crippen LogP contribution in [0.5, 0.6) is 5.75 Å². The number of rotatable bonds is 3. The number of benzene rings is 2. The van der Waals surface area contributed by atoms with Gasteiger partial charge in [0.1, 0.15) is 11.6 Å². The van der Waals surface area contributed by atoms with E-state index in [1.807, 2.05) is 43.3 Å². The maximum Gasteiger partial charge on any atom is 0.235 e. The maximum absolute atomic E-state index is 12.4. The van der Waals surface area contributed by atoms with Gasteiger partial charge in [0.15, 0.2) is 0 Å². The zero-order valence-electron chi connectivity index (χ0n) is 14.9. The predicted molar refractivity (Wildman–Crippen MR) is 112 cm³/mol. The van der Waals surface area contributed by atoms with E-state index < -0.39 is 0 Å². The number of fused-ring (bicyclic) bond motifs is 1. The molecule has 0 saturated carbocycles. The van der Waals surface area contributed by atoms with Gasteiger partial charge >= 0.3 is 0 Å². The molecule has 1 N–H and O–H groups in total. The first-order valence-corrected chi connectivity index (χ1v) is 10.3. The van der Waals surface area contributed by atoms with Crippen LogP contribution in [-0.2, 0) is 4.79 Å². The van der Waals surface area contributed by atoms with E-state index in [2.05, 4.69) is 33.4 Å². The molecule has 5 nitrogen and oxygen atoms in total. The normalized spacial score (nSPS) is 16.4. The highest BCUT2D eigenvalue weighted by molar-refractivity contribution is 9.10. The summed E-state index contributed by atoms with van der Waals surface area (Å²) < 4.78 is 8.08. The maximum atomic E-state index is 12.4. The average molecular weight is 444 g/mol. The largest absolute Gasteiger partial charge is 0.497 e. The minimum Gasteiger partial charge on any atom is -0.497 e. The number of anilines is 1. The van der Waals surface area contributed by atoms with Crippen molar-refractivity contribution in [3.05, 3.63) is 69.8 Å². The smallest absolute Gasteiger partial charge is 0.235 e. The third-order valence-corrected chi connectivity index (χ3v) is 6.30. The quantitative estimate of drug-likeness (QED) is 0.635. The van der Waals surface area contributed by atoms with Crippen LogP contribution in [0.15, 0.2) is 53.0 Å². The van der Waals surface area contributed by atoms with Crippen LogP contribution < -0.4 is 10.1 Å². The second-order valence-electron chi connectivity index (χ2n) is 6.25. The fraction of sp³-hybridized carbons (Fsp3) is 0.200. The van der Waals surface area contributed by atoms with Crippen molar-refractivity contribution >= 4 is 39.4 Å². The first kappa shape index (κ1) is 18.1. The van der Waals surface area contributed by atoms with Gasteiger partial charge in [-0.3, -0.25) is 4.79 Å². The molecule has 0 radical (unpaired) electrons. The van der Waals surface area contributed by atoms with E-state index >= 15 is 0 Å². The molecule has 0 saturated heterocycles. The minimum absolute atomic E-state index is 0.0180. The fourth-order valence-electron chi connectivity index (χ4n) is 3.19. The van der Waals surface area contributed by atoms with Gasteiger partial charge in [-0.2, -0.15) is 5.10 Å². The summed E-state index contributed by atoms with van der Waals surface area (Å²) in [6.45, 7) is 1.99. The summed E-state index contributed by atoms with van der Waals surface area (Å²) in [4.78, 5) is 12.4. The van der Waals surface area contributed by atoms with Crippen molar-refractivity contribution in [3.63, 3.8) is 0 Å². The van der Waals surface area contributed by atoms with Crippen LogP contribution in [-0.4, -0.2) is 28.6 Å². The third-order valence-electron chi connectivity index (χ3n) is 4.50. The van der Waals surface area contributed by atoms with Crippen molar-refractivity contribution in [2.75, 3.05) is 18.2 Å². The predicted octanol–water partition coefficient (Wildman–Crippen LogP) is 4.73. The summed E-state index contributed by atoms with van der Waals surface area (Å²) in [6.07, 6.45) is 0. The summed E-state index contributed by atoms with van der Waals surface area (Å²) in [7, 11) is 1.64. The Labute approximate surface area is 170 Å². The van der Waals surface area contributed by atoms with Crippen LogP contribution in [0, 0.1) is 6.92 Å². The van der Waals surface area contributed by atoms with E-state index in [0.29, 0.717) is 5.75 Å². The van der Waals surface area contributed by atoms with E-state index in [-0.39, 0.29) is 11.2 Å². The molecule has 1 unspecified atom stereocenters. The molecule has 1 aromatic heterocycles. The van der Waals surface area contributed by atoms with Crippen molar-refractivity contribution in [1.29, 1.82) is 0 Å². The summed E-state index contributed by atoms with van der Waals surface area (Å²) in [5.74, 6) is 1.90. The summed E-state index contributed by atoms with van der Waals surface area (Å²) in [5.41, 5.74) is 3.98. The Morgan fingerprint density at radius 1 is 1.19 bits per heavy atom. The van der Waals surface area contributed by atoms with Gasteiger partial charge in [-0.1, -0.05) is 28.1 Å². The molecule has 0 fully saturated rings. The van der Waals surface area contributed by atoms with Crippen LogP contribution in [0.1, 0.15) is 22.1 Å². The van der Waals surface area contributed by atoms with E-state index in [1.165, 1.54) is 0 Å². The topological polar surface area (TPSA) is 56.1 Å². The number of halogens is 1. The van der Waals surface area contributed by atoms with Gasteiger partial charge in [0.05, 0.1) is 29.5 Å². The molecule has 0 bridgehead atoms. The zero-order valence-corrected chi connectivity index (χ0v) is 17.3. The standard InChI is InChI=1S/C20H18BrN3O2S/c1-12-18-19(13-3-5-14(21)6-4-13)27-11-17(25)22-20(18)24(23-12)15-7-9-16(26-2)10-8-15/h3-10,19H,11H2,1-2H3,(H,22,25). The van der Waals surface area contributed by atoms with Crippen LogP contribution in [0.25, 0.3) is 5.69 Å². The molecule has 0 aliphatic carbocycles. The van der Waals surface area contributed by atoms with E-state index in [0.717, 1.165) is 38.5 Å². The lowest BCUT2D eigenvalue weighted by Gasteiger charge is -2.15. The van der Waals surface area contributed by atoms with Gasteiger partial charge in [0.25, 0.3) is 0 Å². The molecular weight excluding hydrogens is 426 g/mol. The Hall–Kier alpha value is -2.25. The molecule has 0 spiro atoms. The van der Waals surface area contributed by atoms with Gasteiger partial charge in [-0.05, 0) is 48.9 Å². The van der Waals surface area contributed by atoms with E-state index in [4.69, 9.17) is 9.84 Å². The molecule has 1 atom stereocenters. The molecule has 1 aliphatic rings. The van der Waals surface area contributed by atoms with Crippen molar-refractivity contribution in [2.45, 2.75) is 12.2 Å². The molecule has 138 valence electrons. The highest BCUT2D eigenvalue weighted by Crippen LogP contribution is 2.44. The number of carbonyl (C=O) groups is 1. The number of carbonyl (C=O) groups excluding carboxylic acids is 1. The van der Waals surface area contributed by atoms with Crippen molar-refractivity contribution in [1.82, 2.24) is 9.78 Å². The van der Waals surface area contributed by atoms with Crippen LogP contribution in [0.3, 0.4) is 0 Å². The van der Waals surface area contributed by atoms with Gasteiger partial charge in [-0.15, -0.1) is 11.8 Å². The lowest BCUT2D eigenvalue weighted by molar-refractivity contribution is -0.113. The molecule has 4 rings (SSSR count). The van der Waals surface area contributed by atoms with E-state index in [1.54, 1.807) is 23.6 Å². The number of methoxy groups -OCH3 is 1. The van der Waals surface area contributed by atoms with Gasteiger partial charge in [-0.25, -0.2) is 4.68 Å². The van der Waals surface area contributed by atoms with Crippen molar-refractivity contribution in [2.24, 2.45) is 0 Å². The second-order valence-corrected chi connectivity index (χ2v) is 8.26. The molecule has 2 aromatic carbocycles. The first-order chi connectivity index (χ1) is 13.1. The van der Waals surface area contributed by atoms with Crippen LogP contribution in [0.4, 0.5) is 5.82 Å². The monoisotopic (exact) mass is 443 g/mol. The van der Waals surface area contributed by atoms with Crippen molar-refractivity contribution in [3.8, 4) is 11.4 Å². The third kappa shape index (κ3) is 3.49. The highest BCUT2D eigenvalue weighted by atomic mass is 79.9. The van der Waals surface area contributed by atoms with Gasteiger partial charge < -0.3 is 10.1 Å². The second kappa shape index (κ2) is 7.40. The molecule has 2 heterocycles. The SMILES string of the molecule is COc1ccc(-n2nc(C)c3c2NC(=O)CSC3c2ccc(Br)cc2)cc1. The highest BCUT2D eigenvalue weighted by Gasteiger charge is 2.30. The van der Waals surface area contributed by atoms with Crippen LogP contribution in [0.2, 0.25) is 0 Å². The number of hydrogen-bond acceptors (Lipinski definition) is 4. The van der Waals surface area contributed by atoms with Crippen LogP contribution >= 0.6 is 27.7 Å². The number of hydrogen-bond donors (Lipinski definition) is 1. The summed E-state index contributed by atoms with van der Waals surface area (Å²) in [5, 5.41) is 7.82. The van der Waals surface area contributed by atoms with Gasteiger partial charge in [0.2, 0.25) is 5.91 Å². The molecule has 27 heavy (non-hydrogen) atoms. The zero-order chi connectivity index (χ0) is 19.0. The Morgan fingerprint density at radius 2 is 1.89 bits per heavy atom. The summed E-state index contributed by atoms with van der Waals surface area (Å²) >= 11 is 5.11. The Balaban J connectivity index is 1.84. The Kier molecular flexibility index (Phi) is 4.97. The molecule has 3 aromatic rings. The molecule has 7 heteroatoms. The summed E-state index contributed by atoms with van der Waals surface area (Å²) in [6, 6.07) is 15.9. The minimum atomic E-state index is -0.0180. The Morgan fingerprint density at radius 3 is 2.56 bits per heavy atom. The lowest BCUT2D eigenvalue weighted by atomic mass is 10.0. The number of thioether (sulfide) groups is 1. The fourth-order valence-corrected chi connectivity index (χ4v) is 4.65. The number of nitrogens with zero attached hydrogens (tertiary/aromatic N) is 2. The number of ether oxygens (including phenoxy) is 1. The van der Waals surface area contributed by atoms with Crippen molar-refractivity contribution < 1.29 is 9.53 Å². The lowest BCUT2D eigenvalue weighted by Crippen LogP contribution is -2.15. The number of aryl methyl sites for hydroxylation is 1. The molecule has 1 aliphatic heterocycles. The molecular formula is C20H18BrN3O2S. The average Bonchev–Trinajstić information content (AvgIpc) is 2.88. The van der Waals surface area contributed by atoms with E-state index in [9.17, 15) is 4.79 Å².